The monoisotopic (exact) mass is 321 g/mol. The standard InChI is InChI=1S/C17H24N2O4/c1-19(9-4-3-5-10-19)11-8-16(21)18-13-6-7-14(15(20)12-13)17(22)23-2/h6-7,12H,3-5,8-11H2,1-2H3,(H-,18,20,21,22)/p+1. The number of benzene rings is 1. The van der Waals surface area contributed by atoms with Crippen LogP contribution in [0.2, 0.25) is 0 Å². The van der Waals surface area contributed by atoms with Gasteiger partial charge < -0.3 is 19.6 Å². The van der Waals surface area contributed by atoms with Crippen molar-refractivity contribution in [2.24, 2.45) is 0 Å². The van der Waals surface area contributed by atoms with Gasteiger partial charge in [0.05, 0.1) is 40.2 Å². The fraction of sp³-hybridized carbons (Fsp3) is 0.529. The summed E-state index contributed by atoms with van der Waals surface area (Å²) in [6.45, 7) is 3.07. The fourth-order valence-electron chi connectivity index (χ4n) is 2.99. The summed E-state index contributed by atoms with van der Waals surface area (Å²) in [5, 5.41) is 12.6. The largest absolute Gasteiger partial charge is 0.507 e. The minimum absolute atomic E-state index is 0.0804. The van der Waals surface area contributed by atoms with Crippen molar-refractivity contribution in [3.05, 3.63) is 23.8 Å². The second-order valence-electron chi connectivity index (χ2n) is 6.37. The van der Waals surface area contributed by atoms with E-state index in [1.807, 2.05) is 0 Å². The Morgan fingerprint density at radius 1 is 1.26 bits per heavy atom. The third kappa shape index (κ3) is 4.69. The molecule has 0 spiro atoms. The molecule has 0 atom stereocenters. The van der Waals surface area contributed by atoms with Crippen LogP contribution in [0.3, 0.4) is 0 Å². The van der Waals surface area contributed by atoms with Crippen molar-refractivity contribution in [3.63, 3.8) is 0 Å². The molecule has 1 heterocycles. The number of phenols is 1. The van der Waals surface area contributed by atoms with Crippen LogP contribution in [-0.2, 0) is 9.53 Å². The summed E-state index contributed by atoms with van der Waals surface area (Å²) < 4.78 is 5.51. The fourth-order valence-corrected chi connectivity index (χ4v) is 2.99. The van der Waals surface area contributed by atoms with Gasteiger partial charge in [-0.2, -0.15) is 0 Å². The van der Waals surface area contributed by atoms with Crippen LogP contribution in [0.5, 0.6) is 5.75 Å². The Bertz CT molecular complexity index is 580. The SMILES string of the molecule is COC(=O)c1ccc(NC(=O)CC[N+]2(C)CCCCC2)cc1O. The molecule has 1 aliphatic rings. The number of nitrogens with zero attached hydrogens (tertiary/aromatic N) is 1. The van der Waals surface area contributed by atoms with Crippen LogP contribution in [-0.4, -0.2) is 55.3 Å². The zero-order chi connectivity index (χ0) is 16.9. The van der Waals surface area contributed by atoms with Gasteiger partial charge in [-0.15, -0.1) is 0 Å². The van der Waals surface area contributed by atoms with E-state index >= 15 is 0 Å². The second-order valence-corrected chi connectivity index (χ2v) is 6.37. The maximum Gasteiger partial charge on any atom is 0.341 e. The molecule has 23 heavy (non-hydrogen) atoms. The summed E-state index contributed by atoms with van der Waals surface area (Å²) in [6, 6.07) is 4.39. The minimum Gasteiger partial charge on any atom is -0.507 e. The van der Waals surface area contributed by atoms with E-state index in [0.29, 0.717) is 12.1 Å². The summed E-state index contributed by atoms with van der Waals surface area (Å²) in [6.07, 6.45) is 4.17. The number of carbonyl (C=O) groups excluding carboxylic acids is 2. The van der Waals surface area contributed by atoms with E-state index in [-0.39, 0.29) is 17.2 Å². The van der Waals surface area contributed by atoms with Crippen LogP contribution in [0.1, 0.15) is 36.0 Å². The summed E-state index contributed by atoms with van der Waals surface area (Å²) in [7, 11) is 3.45. The van der Waals surface area contributed by atoms with Gasteiger partial charge in [0.15, 0.2) is 0 Å². The zero-order valence-corrected chi connectivity index (χ0v) is 13.8. The first-order chi connectivity index (χ1) is 10.9. The number of carbonyl (C=O) groups is 2. The number of aromatic hydroxyl groups is 1. The van der Waals surface area contributed by atoms with Crippen LogP contribution in [0, 0.1) is 0 Å². The first-order valence-corrected chi connectivity index (χ1v) is 7.98. The highest BCUT2D eigenvalue weighted by molar-refractivity contribution is 5.95. The molecule has 1 aromatic rings. The number of likely N-dealkylation sites (tertiary alicyclic amines) is 1. The molecule has 1 aromatic carbocycles. The van der Waals surface area contributed by atoms with Crippen LogP contribution in [0.15, 0.2) is 18.2 Å². The number of esters is 1. The number of hydrogen-bond donors (Lipinski definition) is 2. The average Bonchev–Trinajstić information content (AvgIpc) is 2.53. The Kier molecular flexibility index (Phi) is 5.60. The van der Waals surface area contributed by atoms with Crippen LogP contribution in [0.4, 0.5) is 5.69 Å². The van der Waals surface area contributed by atoms with Crippen LogP contribution < -0.4 is 5.32 Å². The van der Waals surface area contributed by atoms with Crippen molar-refractivity contribution in [1.29, 1.82) is 0 Å². The summed E-state index contributed by atoms with van der Waals surface area (Å²) in [5.74, 6) is -0.896. The van der Waals surface area contributed by atoms with E-state index < -0.39 is 5.97 Å². The van der Waals surface area contributed by atoms with Gasteiger partial charge in [0, 0.05) is 11.8 Å². The molecule has 6 nitrogen and oxygen atoms in total. The smallest absolute Gasteiger partial charge is 0.341 e. The van der Waals surface area contributed by atoms with E-state index in [1.165, 1.54) is 38.5 Å². The predicted molar refractivity (Wildman–Crippen MR) is 87.3 cm³/mol. The lowest BCUT2D eigenvalue weighted by Crippen LogP contribution is -2.49. The van der Waals surface area contributed by atoms with E-state index in [1.54, 1.807) is 6.07 Å². The van der Waals surface area contributed by atoms with Crippen molar-refractivity contribution < 1.29 is 23.9 Å². The maximum atomic E-state index is 12.1. The normalized spacial score (nSPS) is 16.6. The molecule has 0 aliphatic carbocycles. The molecule has 1 fully saturated rings. The molecule has 0 bridgehead atoms. The van der Waals surface area contributed by atoms with Crippen LogP contribution >= 0.6 is 0 Å². The summed E-state index contributed by atoms with van der Waals surface area (Å²) in [4.78, 5) is 23.5. The number of nitrogens with one attached hydrogen (secondary N) is 1. The van der Waals surface area contributed by atoms with Gasteiger partial charge in [-0.1, -0.05) is 0 Å². The Balaban J connectivity index is 1.90. The lowest BCUT2D eigenvalue weighted by Gasteiger charge is -2.37. The molecule has 0 aromatic heterocycles. The first kappa shape index (κ1) is 17.3. The number of quaternary nitrogens is 1. The third-order valence-electron chi connectivity index (χ3n) is 4.46. The number of methoxy groups -OCH3 is 1. The first-order valence-electron chi connectivity index (χ1n) is 7.98. The highest BCUT2D eigenvalue weighted by atomic mass is 16.5. The molecule has 0 radical (unpaired) electrons. The summed E-state index contributed by atoms with van der Waals surface area (Å²) >= 11 is 0. The summed E-state index contributed by atoms with van der Waals surface area (Å²) in [5.41, 5.74) is 0.554. The molecule has 6 heteroatoms. The van der Waals surface area contributed by atoms with Gasteiger partial charge in [0.1, 0.15) is 11.3 Å². The molecule has 2 rings (SSSR count). The highest BCUT2D eigenvalue weighted by Crippen LogP contribution is 2.23. The average molecular weight is 321 g/mol. The second kappa shape index (κ2) is 7.46. The number of anilines is 1. The number of ether oxygens (including phenoxy) is 1. The van der Waals surface area contributed by atoms with Crippen molar-refractivity contribution in [1.82, 2.24) is 0 Å². The van der Waals surface area contributed by atoms with Gasteiger partial charge in [-0.3, -0.25) is 4.79 Å². The Hall–Kier alpha value is -2.08. The van der Waals surface area contributed by atoms with E-state index in [9.17, 15) is 14.7 Å². The predicted octanol–water partition coefficient (Wildman–Crippen LogP) is 2.14. The molecule has 0 unspecified atom stereocenters. The van der Waals surface area contributed by atoms with Crippen LogP contribution in [0.25, 0.3) is 0 Å². The number of phenolic OH excluding ortho intramolecular Hbond substituents is 1. The van der Waals surface area contributed by atoms with E-state index in [4.69, 9.17) is 0 Å². The van der Waals surface area contributed by atoms with Gasteiger partial charge in [0.25, 0.3) is 0 Å². The molecule has 126 valence electrons. The zero-order valence-electron chi connectivity index (χ0n) is 13.8. The van der Waals surface area contributed by atoms with Gasteiger partial charge >= 0.3 is 5.97 Å². The molecule has 2 N–H and O–H groups in total. The maximum absolute atomic E-state index is 12.1. The van der Waals surface area contributed by atoms with Crippen molar-refractivity contribution in [2.75, 3.05) is 39.1 Å². The highest BCUT2D eigenvalue weighted by Gasteiger charge is 2.25. The quantitative estimate of drug-likeness (QED) is 0.643. The van der Waals surface area contributed by atoms with Crippen molar-refractivity contribution in [3.8, 4) is 5.75 Å². The number of amides is 1. The molecular weight excluding hydrogens is 296 g/mol. The molecular formula is C17H25N2O4+. The third-order valence-corrected chi connectivity index (χ3v) is 4.46. The lowest BCUT2D eigenvalue weighted by atomic mass is 10.1. The van der Waals surface area contributed by atoms with Gasteiger partial charge in [-0.25, -0.2) is 4.79 Å². The lowest BCUT2D eigenvalue weighted by molar-refractivity contribution is -0.913. The Morgan fingerprint density at radius 3 is 2.57 bits per heavy atom. The van der Waals surface area contributed by atoms with E-state index in [2.05, 4.69) is 17.1 Å². The van der Waals surface area contributed by atoms with Gasteiger partial charge in [-0.05, 0) is 31.4 Å². The molecule has 1 aliphatic heterocycles. The Labute approximate surface area is 136 Å². The Morgan fingerprint density at radius 2 is 1.96 bits per heavy atom. The topological polar surface area (TPSA) is 75.6 Å². The van der Waals surface area contributed by atoms with Crippen molar-refractivity contribution >= 4 is 17.6 Å². The van der Waals surface area contributed by atoms with Crippen molar-refractivity contribution in [2.45, 2.75) is 25.7 Å². The van der Waals surface area contributed by atoms with E-state index in [0.717, 1.165) is 24.1 Å². The molecule has 1 saturated heterocycles. The number of hydrogen-bond acceptors (Lipinski definition) is 4. The number of piperidine rings is 1. The molecule has 1 amide bonds. The molecule has 0 saturated carbocycles. The number of rotatable bonds is 5. The minimum atomic E-state index is -0.608. The van der Waals surface area contributed by atoms with Gasteiger partial charge in [0.2, 0.25) is 5.91 Å².